The summed E-state index contributed by atoms with van der Waals surface area (Å²) < 4.78 is 20.9. The van der Waals surface area contributed by atoms with Crippen LogP contribution in [-0.2, 0) is 6.54 Å². The second-order valence-electron chi connectivity index (χ2n) is 6.89. The molecule has 1 unspecified atom stereocenters. The van der Waals surface area contributed by atoms with E-state index in [0.29, 0.717) is 22.9 Å². The number of aromatic nitrogens is 3. The highest BCUT2D eigenvalue weighted by molar-refractivity contribution is 5.92. The van der Waals surface area contributed by atoms with Crippen molar-refractivity contribution in [1.82, 2.24) is 25.4 Å². The van der Waals surface area contributed by atoms with Crippen molar-refractivity contribution in [3.8, 4) is 11.6 Å². The number of carbonyl (C=O) groups excluding carboxylic acids is 1. The van der Waals surface area contributed by atoms with Crippen LogP contribution in [0, 0.1) is 5.82 Å². The largest absolute Gasteiger partial charge is 0.439 e. The molecule has 30 heavy (non-hydrogen) atoms. The fraction of sp³-hybridized carbons (Fsp3) is 0.286. The van der Waals surface area contributed by atoms with Gasteiger partial charge in [0.25, 0.3) is 5.91 Å². The smallest absolute Gasteiger partial charge is 0.272 e. The van der Waals surface area contributed by atoms with E-state index in [9.17, 15) is 9.18 Å². The number of halogens is 2. The summed E-state index contributed by atoms with van der Waals surface area (Å²) in [5.41, 5.74) is 1.05. The molecule has 7 nitrogen and oxygen atoms in total. The molecule has 1 aliphatic heterocycles. The molecular weight excluding hydrogens is 409 g/mol. The maximum Gasteiger partial charge on any atom is 0.272 e. The minimum Gasteiger partial charge on any atom is -0.439 e. The number of piperidine rings is 1. The molecule has 1 fully saturated rings. The Balaban J connectivity index is 0.00000256. The molecule has 4 rings (SSSR count). The van der Waals surface area contributed by atoms with Crippen molar-refractivity contribution in [2.24, 2.45) is 0 Å². The zero-order valence-electron chi connectivity index (χ0n) is 16.3. The molecule has 1 aliphatic rings. The number of carbonyl (C=O) groups is 1. The maximum atomic E-state index is 13.4. The molecule has 0 bridgehead atoms. The van der Waals surface area contributed by atoms with Crippen LogP contribution in [-0.4, -0.2) is 33.8 Å². The van der Waals surface area contributed by atoms with E-state index < -0.39 is 5.82 Å². The average molecular weight is 432 g/mol. The van der Waals surface area contributed by atoms with E-state index in [1.165, 1.54) is 12.1 Å². The number of nitrogens with zero attached hydrogens (tertiary/aromatic N) is 3. The van der Waals surface area contributed by atoms with E-state index in [1.807, 2.05) is 10.9 Å². The second-order valence-corrected chi connectivity index (χ2v) is 6.89. The zero-order chi connectivity index (χ0) is 20.1. The molecule has 9 heteroatoms. The van der Waals surface area contributed by atoms with Crippen molar-refractivity contribution in [2.75, 3.05) is 13.1 Å². The molecule has 1 saturated heterocycles. The first kappa shape index (κ1) is 21.7. The van der Waals surface area contributed by atoms with Gasteiger partial charge in [0.05, 0.1) is 6.04 Å². The number of nitrogens with one attached hydrogen (secondary N) is 2. The molecule has 0 spiro atoms. The van der Waals surface area contributed by atoms with Crippen molar-refractivity contribution >= 4 is 18.3 Å². The van der Waals surface area contributed by atoms with E-state index in [-0.39, 0.29) is 30.9 Å². The number of benzene rings is 1. The average Bonchev–Trinajstić information content (AvgIpc) is 3.24. The van der Waals surface area contributed by atoms with Gasteiger partial charge in [0.1, 0.15) is 17.3 Å². The first-order chi connectivity index (χ1) is 14.2. The Bertz CT molecular complexity index is 991. The van der Waals surface area contributed by atoms with Gasteiger partial charge in [0, 0.05) is 37.1 Å². The first-order valence-electron chi connectivity index (χ1n) is 9.60. The lowest BCUT2D eigenvalue weighted by Gasteiger charge is -2.22. The van der Waals surface area contributed by atoms with Gasteiger partial charge in [-0.1, -0.05) is 12.1 Å². The highest BCUT2D eigenvalue weighted by Crippen LogP contribution is 2.23. The van der Waals surface area contributed by atoms with Crippen LogP contribution in [0.2, 0.25) is 0 Å². The van der Waals surface area contributed by atoms with Gasteiger partial charge in [-0.25, -0.2) is 9.37 Å². The number of hydrogen-bond acceptors (Lipinski definition) is 5. The number of hydrogen-bond donors (Lipinski definition) is 2. The summed E-state index contributed by atoms with van der Waals surface area (Å²) in [5.74, 6) is -0.00145. The third-order valence-corrected chi connectivity index (χ3v) is 4.79. The first-order valence-corrected chi connectivity index (χ1v) is 9.60. The van der Waals surface area contributed by atoms with Crippen LogP contribution in [0.15, 0.2) is 54.9 Å². The quantitative estimate of drug-likeness (QED) is 0.624. The SMILES string of the molecule is Cl.O=C(NCc1cccnc1Oc1cccc(F)c1)c1ccn(C2CCCNC2)n1. The number of pyridine rings is 1. The van der Waals surface area contributed by atoms with E-state index in [1.54, 1.807) is 36.5 Å². The van der Waals surface area contributed by atoms with Crippen LogP contribution in [0.5, 0.6) is 11.6 Å². The van der Waals surface area contributed by atoms with Gasteiger partial charge in [-0.3, -0.25) is 9.48 Å². The summed E-state index contributed by atoms with van der Waals surface area (Å²) in [6, 6.07) is 11.4. The molecule has 1 amide bonds. The monoisotopic (exact) mass is 431 g/mol. The lowest BCUT2D eigenvalue weighted by atomic mass is 10.1. The molecule has 1 aromatic carbocycles. The second kappa shape index (κ2) is 10.2. The van der Waals surface area contributed by atoms with Crippen molar-refractivity contribution in [1.29, 1.82) is 0 Å². The lowest BCUT2D eigenvalue weighted by Crippen LogP contribution is -2.32. The molecule has 1 atom stereocenters. The fourth-order valence-electron chi connectivity index (χ4n) is 3.28. The molecule has 3 aromatic rings. The fourth-order valence-corrected chi connectivity index (χ4v) is 3.28. The van der Waals surface area contributed by atoms with Crippen LogP contribution >= 0.6 is 12.4 Å². The summed E-state index contributed by atoms with van der Waals surface area (Å²) in [6.07, 6.45) is 5.57. The van der Waals surface area contributed by atoms with E-state index in [0.717, 1.165) is 25.9 Å². The van der Waals surface area contributed by atoms with Crippen molar-refractivity contribution in [3.63, 3.8) is 0 Å². The third kappa shape index (κ3) is 5.34. The predicted octanol–water partition coefficient (Wildman–Crippen LogP) is 3.49. The Labute approximate surface area is 180 Å². The van der Waals surface area contributed by atoms with E-state index >= 15 is 0 Å². The molecule has 2 aromatic heterocycles. The van der Waals surface area contributed by atoms with Crippen molar-refractivity contribution in [2.45, 2.75) is 25.4 Å². The summed E-state index contributed by atoms with van der Waals surface area (Å²) in [6.45, 7) is 2.10. The number of ether oxygens (including phenoxy) is 1. The number of amides is 1. The van der Waals surface area contributed by atoms with Gasteiger partial charge < -0.3 is 15.4 Å². The summed E-state index contributed by atoms with van der Waals surface area (Å²) in [7, 11) is 0. The van der Waals surface area contributed by atoms with Crippen molar-refractivity contribution in [3.05, 3.63) is 71.9 Å². The van der Waals surface area contributed by atoms with Gasteiger partial charge in [0.15, 0.2) is 0 Å². The van der Waals surface area contributed by atoms with Gasteiger partial charge >= 0.3 is 0 Å². The van der Waals surface area contributed by atoms with Crippen LogP contribution < -0.4 is 15.4 Å². The Kier molecular flexibility index (Phi) is 7.37. The predicted molar refractivity (Wildman–Crippen MR) is 112 cm³/mol. The minimum atomic E-state index is -0.392. The summed E-state index contributed by atoms with van der Waals surface area (Å²) in [4.78, 5) is 16.7. The minimum absolute atomic E-state index is 0. The molecular formula is C21H23ClFN5O2. The number of rotatable bonds is 6. The van der Waals surface area contributed by atoms with Gasteiger partial charge in [-0.15, -0.1) is 12.4 Å². The molecule has 158 valence electrons. The molecule has 2 N–H and O–H groups in total. The molecule has 3 heterocycles. The summed E-state index contributed by atoms with van der Waals surface area (Å²) >= 11 is 0. The van der Waals surface area contributed by atoms with Crippen LogP contribution in [0.3, 0.4) is 0 Å². The topological polar surface area (TPSA) is 81.1 Å². The highest BCUT2D eigenvalue weighted by Gasteiger charge is 2.18. The molecule has 0 saturated carbocycles. The normalized spacial score (nSPS) is 15.8. The van der Waals surface area contributed by atoms with Gasteiger partial charge in [0.2, 0.25) is 5.88 Å². The Morgan fingerprint density at radius 1 is 1.30 bits per heavy atom. The molecule has 0 radical (unpaired) electrons. The van der Waals surface area contributed by atoms with Gasteiger partial charge in [-0.05, 0) is 43.7 Å². The lowest BCUT2D eigenvalue weighted by molar-refractivity contribution is 0.0944. The zero-order valence-corrected chi connectivity index (χ0v) is 17.1. The van der Waals surface area contributed by atoms with E-state index in [2.05, 4.69) is 20.7 Å². The Morgan fingerprint density at radius 2 is 2.20 bits per heavy atom. The van der Waals surface area contributed by atoms with E-state index in [4.69, 9.17) is 4.74 Å². The van der Waals surface area contributed by atoms with Gasteiger partial charge in [-0.2, -0.15) is 5.10 Å². The van der Waals surface area contributed by atoms with Crippen LogP contribution in [0.1, 0.15) is 34.9 Å². The third-order valence-electron chi connectivity index (χ3n) is 4.79. The van der Waals surface area contributed by atoms with Crippen LogP contribution in [0.4, 0.5) is 4.39 Å². The Morgan fingerprint density at radius 3 is 3.00 bits per heavy atom. The maximum absolute atomic E-state index is 13.4. The summed E-state index contributed by atoms with van der Waals surface area (Å²) in [5, 5.41) is 10.6. The standard InChI is InChI=1S/C21H22FN5O2.ClH/c22-16-5-1-7-18(12-16)29-21-15(4-2-10-24-21)13-25-20(28)19-8-11-27(26-19)17-6-3-9-23-14-17;/h1-2,4-5,7-8,10-12,17,23H,3,6,9,13-14H2,(H,25,28);1H. The van der Waals surface area contributed by atoms with Crippen molar-refractivity contribution < 1.29 is 13.9 Å². The Hall–Kier alpha value is -2.97. The molecule has 0 aliphatic carbocycles. The van der Waals surface area contributed by atoms with Crippen LogP contribution in [0.25, 0.3) is 0 Å². The highest BCUT2D eigenvalue weighted by atomic mass is 35.5.